The second-order valence-corrected chi connectivity index (χ2v) is 5.65. The molecule has 1 aromatic rings. The predicted molar refractivity (Wildman–Crippen MR) is 53.6 cm³/mol. The predicted octanol–water partition coefficient (Wildman–Crippen LogP) is 0.871. The summed E-state index contributed by atoms with van der Waals surface area (Å²) in [6.45, 7) is 0. The van der Waals surface area contributed by atoms with Crippen molar-refractivity contribution in [2.24, 2.45) is 0 Å². The zero-order valence-electron chi connectivity index (χ0n) is 8.17. The van der Waals surface area contributed by atoms with Gasteiger partial charge in [0, 0.05) is 17.8 Å². The molecule has 0 spiro atoms. The summed E-state index contributed by atoms with van der Waals surface area (Å²) in [6, 6.07) is 1.45. The van der Waals surface area contributed by atoms with Crippen LogP contribution in [0.25, 0.3) is 0 Å². The molecule has 0 unspecified atom stereocenters. The summed E-state index contributed by atoms with van der Waals surface area (Å²) in [5.41, 5.74) is 0.622. The van der Waals surface area contributed by atoms with Crippen molar-refractivity contribution in [3.05, 3.63) is 23.5 Å². The van der Waals surface area contributed by atoms with Crippen LogP contribution < -0.4 is 0 Å². The van der Waals surface area contributed by atoms with E-state index >= 15 is 0 Å². The van der Waals surface area contributed by atoms with E-state index in [1.807, 2.05) is 0 Å². The van der Waals surface area contributed by atoms with E-state index in [0.717, 1.165) is 23.1 Å². The summed E-state index contributed by atoms with van der Waals surface area (Å²) in [5, 5.41) is 8.78. The number of carboxylic acid groups (broad SMARTS) is 1. The highest BCUT2D eigenvalue weighted by Crippen LogP contribution is 2.41. The molecule has 1 N–H and O–H groups in total. The Kier molecular flexibility index (Phi) is 2.11. The normalized spacial score (nSPS) is 16.6. The Bertz CT molecular complexity index is 510. The van der Waals surface area contributed by atoms with Crippen LogP contribution in [0.3, 0.4) is 0 Å². The first-order valence-electron chi connectivity index (χ1n) is 4.55. The second-order valence-electron chi connectivity index (χ2n) is 3.79. The van der Waals surface area contributed by atoms with Crippen molar-refractivity contribution in [3.63, 3.8) is 0 Å². The van der Waals surface area contributed by atoms with Gasteiger partial charge in [-0.2, -0.15) is 0 Å². The van der Waals surface area contributed by atoms with Crippen LogP contribution in [0, 0.1) is 0 Å². The lowest BCUT2D eigenvalue weighted by atomic mass is 10.2. The number of hydrogen-bond acceptors (Lipinski definition) is 3. The zero-order chi connectivity index (χ0) is 11.2. The van der Waals surface area contributed by atoms with Gasteiger partial charge in [0.1, 0.15) is 0 Å². The van der Waals surface area contributed by atoms with Gasteiger partial charge in [0.25, 0.3) is 0 Å². The Labute approximate surface area is 87.4 Å². The molecule has 82 valence electrons. The summed E-state index contributed by atoms with van der Waals surface area (Å²) in [6.07, 6.45) is 4.10. The maximum absolute atomic E-state index is 11.4. The first kappa shape index (κ1) is 10.2. The Balaban J connectivity index is 2.56. The fourth-order valence-corrected chi connectivity index (χ4v) is 2.43. The van der Waals surface area contributed by atoms with Gasteiger partial charge >= 0.3 is 5.97 Å². The third-order valence-electron chi connectivity index (χ3n) is 2.41. The minimum atomic E-state index is -3.40. The van der Waals surface area contributed by atoms with Gasteiger partial charge in [0.15, 0.2) is 0 Å². The monoisotopic (exact) mass is 229 g/mol. The molecule has 1 aliphatic rings. The van der Waals surface area contributed by atoms with Crippen molar-refractivity contribution in [2.75, 3.05) is 6.26 Å². The van der Waals surface area contributed by atoms with E-state index in [2.05, 4.69) is 0 Å². The molecule has 0 aliphatic heterocycles. The molecular weight excluding hydrogens is 218 g/mol. The van der Waals surface area contributed by atoms with E-state index in [4.69, 9.17) is 5.11 Å². The fourth-order valence-electron chi connectivity index (χ4n) is 1.54. The first-order chi connectivity index (χ1) is 6.89. The van der Waals surface area contributed by atoms with E-state index in [9.17, 15) is 13.2 Å². The van der Waals surface area contributed by atoms with E-state index in [1.54, 1.807) is 0 Å². The highest BCUT2D eigenvalue weighted by atomic mass is 32.2. The van der Waals surface area contributed by atoms with Crippen LogP contribution in [-0.2, 0) is 10.0 Å². The molecule has 15 heavy (non-hydrogen) atoms. The van der Waals surface area contributed by atoms with Gasteiger partial charge in [0.05, 0.1) is 11.8 Å². The summed E-state index contributed by atoms with van der Waals surface area (Å²) in [7, 11) is -3.40. The van der Waals surface area contributed by atoms with E-state index < -0.39 is 16.0 Å². The standard InChI is InChI=1S/C9H11NO4S/c1-15(13,14)10-5-7(9(11)12)4-8(10)6-2-3-6/h4-6H,2-3H2,1H3,(H,11,12). The van der Waals surface area contributed by atoms with Gasteiger partial charge in [-0.25, -0.2) is 17.2 Å². The second kappa shape index (κ2) is 3.10. The summed E-state index contributed by atoms with van der Waals surface area (Å²) >= 11 is 0. The summed E-state index contributed by atoms with van der Waals surface area (Å²) in [5.74, 6) is -0.896. The van der Waals surface area contributed by atoms with Crippen molar-refractivity contribution in [1.29, 1.82) is 0 Å². The molecule has 0 aromatic carbocycles. The minimum Gasteiger partial charge on any atom is -0.478 e. The van der Waals surface area contributed by atoms with Crippen LogP contribution in [0.5, 0.6) is 0 Å². The largest absolute Gasteiger partial charge is 0.478 e. The average Bonchev–Trinajstić information content (AvgIpc) is 2.81. The van der Waals surface area contributed by atoms with E-state index in [1.165, 1.54) is 12.3 Å². The Hall–Kier alpha value is -1.30. The Morgan fingerprint density at radius 2 is 2.13 bits per heavy atom. The van der Waals surface area contributed by atoms with E-state index in [-0.39, 0.29) is 11.5 Å². The van der Waals surface area contributed by atoms with Gasteiger partial charge in [-0.3, -0.25) is 0 Å². The lowest BCUT2D eigenvalue weighted by molar-refractivity contribution is 0.0697. The lowest BCUT2D eigenvalue weighted by Crippen LogP contribution is -2.11. The van der Waals surface area contributed by atoms with Crippen molar-refractivity contribution in [1.82, 2.24) is 3.97 Å². The molecule has 2 rings (SSSR count). The molecular formula is C9H11NO4S. The number of hydrogen-bond donors (Lipinski definition) is 1. The first-order valence-corrected chi connectivity index (χ1v) is 6.40. The van der Waals surface area contributed by atoms with Crippen molar-refractivity contribution in [2.45, 2.75) is 18.8 Å². The third-order valence-corrected chi connectivity index (χ3v) is 3.44. The van der Waals surface area contributed by atoms with Crippen LogP contribution in [-0.4, -0.2) is 29.7 Å². The smallest absolute Gasteiger partial charge is 0.337 e. The molecule has 1 aromatic heterocycles. The SMILES string of the molecule is CS(=O)(=O)n1cc(C(=O)O)cc1C1CC1. The molecule has 1 aliphatic carbocycles. The highest BCUT2D eigenvalue weighted by Gasteiger charge is 2.30. The van der Waals surface area contributed by atoms with Gasteiger partial charge in [-0.05, 0) is 18.9 Å². The molecule has 1 heterocycles. The maximum Gasteiger partial charge on any atom is 0.337 e. The van der Waals surface area contributed by atoms with Crippen molar-refractivity contribution < 1.29 is 18.3 Å². The van der Waals surface area contributed by atoms with Crippen LogP contribution in [0.2, 0.25) is 0 Å². The zero-order valence-corrected chi connectivity index (χ0v) is 8.99. The third kappa shape index (κ3) is 1.90. The van der Waals surface area contributed by atoms with Gasteiger partial charge in [-0.15, -0.1) is 0 Å². The molecule has 1 fully saturated rings. The summed E-state index contributed by atoms with van der Waals surface area (Å²) in [4.78, 5) is 10.7. The lowest BCUT2D eigenvalue weighted by Gasteiger charge is -2.03. The molecule has 0 saturated heterocycles. The van der Waals surface area contributed by atoms with Gasteiger partial charge in [0.2, 0.25) is 10.0 Å². The van der Waals surface area contributed by atoms with Crippen molar-refractivity contribution in [3.8, 4) is 0 Å². The molecule has 1 saturated carbocycles. The maximum atomic E-state index is 11.4. The topological polar surface area (TPSA) is 76.4 Å². The average molecular weight is 229 g/mol. The number of carbonyl (C=O) groups is 1. The Morgan fingerprint density at radius 3 is 2.53 bits per heavy atom. The van der Waals surface area contributed by atoms with Gasteiger partial charge in [-0.1, -0.05) is 0 Å². The fraction of sp³-hybridized carbons (Fsp3) is 0.444. The van der Waals surface area contributed by atoms with Crippen LogP contribution >= 0.6 is 0 Å². The van der Waals surface area contributed by atoms with Crippen LogP contribution in [0.4, 0.5) is 0 Å². The van der Waals surface area contributed by atoms with Crippen LogP contribution in [0.15, 0.2) is 12.3 Å². The summed E-state index contributed by atoms with van der Waals surface area (Å²) < 4.78 is 23.9. The van der Waals surface area contributed by atoms with Crippen LogP contribution in [0.1, 0.15) is 34.8 Å². The minimum absolute atomic E-state index is 0.0299. The Morgan fingerprint density at radius 1 is 1.53 bits per heavy atom. The molecule has 0 bridgehead atoms. The van der Waals surface area contributed by atoms with Gasteiger partial charge < -0.3 is 5.11 Å². The molecule has 0 atom stereocenters. The number of aromatic nitrogens is 1. The molecule has 5 nitrogen and oxygen atoms in total. The number of rotatable bonds is 3. The number of nitrogens with zero attached hydrogens (tertiary/aromatic N) is 1. The molecule has 6 heteroatoms. The molecule has 0 amide bonds. The number of aromatic carboxylic acids is 1. The number of carboxylic acids is 1. The highest BCUT2D eigenvalue weighted by molar-refractivity contribution is 7.89. The van der Waals surface area contributed by atoms with E-state index in [0.29, 0.717) is 5.69 Å². The quantitative estimate of drug-likeness (QED) is 0.834. The molecule has 0 radical (unpaired) electrons. The van der Waals surface area contributed by atoms with Crippen molar-refractivity contribution >= 4 is 16.0 Å².